The van der Waals surface area contributed by atoms with Crippen molar-refractivity contribution in [2.45, 2.75) is 12.1 Å². The van der Waals surface area contributed by atoms with E-state index in [4.69, 9.17) is 12.8 Å². The summed E-state index contributed by atoms with van der Waals surface area (Å²) >= 11 is 0. The summed E-state index contributed by atoms with van der Waals surface area (Å²) in [5, 5.41) is 0. The first-order valence-corrected chi connectivity index (χ1v) is 4.28. The van der Waals surface area contributed by atoms with Crippen LogP contribution in [0.2, 0.25) is 12.1 Å². The molecule has 0 aromatic carbocycles. The lowest BCUT2D eigenvalue weighted by atomic mass is 10.8. The third-order valence-electron chi connectivity index (χ3n) is 0.642. The van der Waals surface area contributed by atoms with Gasteiger partial charge in [0.15, 0.2) is 0 Å². The molecule has 0 bridgehead atoms. The topological polar surface area (TPSA) is 0 Å². The Labute approximate surface area is 47.1 Å². The minimum atomic E-state index is -0.0610. The highest BCUT2D eigenvalue weighted by atomic mass is 28.2. The van der Waals surface area contributed by atoms with Crippen molar-refractivity contribution >= 4 is 9.52 Å². The van der Waals surface area contributed by atoms with E-state index in [1.165, 1.54) is 0 Å². The first kappa shape index (κ1) is 6.34. The summed E-state index contributed by atoms with van der Waals surface area (Å²) in [6, 6.07) is 1.90. The van der Waals surface area contributed by atoms with Crippen molar-refractivity contribution in [3.8, 4) is 24.7 Å². The second-order valence-electron chi connectivity index (χ2n) is 1.26. The minimum Gasteiger partial charge on any atom is -0.120 e. The molecule has 0 fully saturated rings. The predicted octanol–water partition coefficient (Wildman–Crippen LogP) is 0.258. The second-order valence-corrected chi connectivity index (χ2v) is 2.97. The molecule has 0 amide bonds. The standard InChI is InChI=1S/C6H8Si/c1-3-5-7-6-4-2/h1-2H,5-7H2. The molecule has 0 aromatic rings. The Morgan fingerprint density at radius 1 is 1.14 bits per heavy atom. The molecule has 0 saturated carbocycles. The molecule has 0 aliphatic heterocycles. The Morgan fingerprint density at radius 2 is 1.57 bits per heavy atom. The lowest BCUT2D eigenvalue weighted by Gasteiger charge is -1.78. The van der Waals surface area contributed by atoms with Crippen LogP contribution in [0.4, 0.5) is 0 Å². The molecular formula is C6H8Si. The fourth-order valence-corrected chi connectivity index (χ4v) is 0.878. The molecule has 0 N–H and O–H groups in total. The monoisotopic (exact) mass is 108 g/mol. The van der Waals surface area contributed by atoms with Crippen LogP contribution in [0.25, 0.3) is 0 Å². The predicted molar refractivity (Wildman–Crippen MR) is 35.8 cm³/mol. The minimum absolute atomic E-state index is 0.0610. The molecule has 7 heavy (non-hydrogen) atoms. The van der Waals surface area contributed by atoms with E-state index < -0.39 is 0 Å². The molecule has 36 valence electrons. The van der Waals surface area contributed by atoms with Crippen molar-refractivity contribution in [1.82, 2.24) is 0 Å². The van der Waals surface area contributed by atoms with E-state index in [2.05, 4.69) is 11.8 Å². The highest BCUT2D eigenvalue weighted by molar-refractivity contribution is 6.37. The van der Waals surface area contributed by atoms with Crippen molar-refractivity contribution in [1.29, 1.82) is 0 Å². The lowest BCUT2D eigenvalue weighted by Crippen LogP contribution is -1.80. The van der Waals surface area contributed by atoms with Crippen molar-refractivity contribution in [3.05, 3.63) is 0 Å². The van der Waals surface area contributed by atoms with Gasteiger partial charge in [0.2, 0.25) is 0 Å². The van der Waals surface area contributed by atoms with Gasteiger partial charge in [0.1, 0.15) is 0 Å². The number of terminal acetylenes is 2. The highest BCUT2D eigenvalue weighted by Gasteiger charge is 1.76. The quantitative estimate of drug-likeness (QED) is 0.270. The van der Waals surface area contributed by atoms with Gasteiger partial charge in [-0.25, -0.2) is 0 Å². The maximum Gasteiger partial charge on any atom is 0.0482 e. The maximum atomic E-state index is 4.99. The Balaban J connectivity index is 2.77. The average Bonchev–Trinajstić information content (AvgIpc) is 1.69. The molecule has 0 unspecified atom stereocenters. The maximum absolute atomic E-state index is 4.99. The van der Waals surface area contributed by atoms with Crippen LogP contribution in [0.15, 0.2) is 0 Å². The van der Waals surface area contributed by atoms with Gasteiger partial charge in [0.25, 0.3) is 0 Å². The Morgan fingerprint density at radius 3 is 1.86 bits per heavy atom. The van der Waals surface area contributed by atoms with Crippen LogP contribution in [-0.2, 0) is 0 Å². The van der Waals surface area contributed by atoms with Gasteiger partial charge in [-0.05, 0) is 12.1 Å². The van der Waals surface area contributed by atoms with E-state index in [1.807, 2.05) is 0 Å². The Kier molecular flexibility index (Phi) is 4.83. The molecule has 0 aromatic heterocycles. The third kappa shape index (κ3) is 5.34. The van der Waals surface area contributed by atoms with Crippen LogP contribution < -0.4 is 0 Å². The summed E-state index contributed by atoms with van der Waals surface area (Å²) in [5.41, 5.74) is 0. The zero-order valence-corrected chi connectivity index (χ0v) is 5.69. The van der Waals surface area contributed by atoms with Gasteiger partial charge in [0.05, 0.1) is 0 Å². The van der Waals surface area contributed by atoms with E-state index in [0.717, 1.165) is 12.1 Å². The fourth-order valence-electron chi connectivity index (χ4n) is 0.293. The van der Waals surface area contributed by atoms with Crippen LogP contribution in [0, 0.1) is 24.7 Å². The van der Waals surface area contributed by atoms with E-state index in [9.17, 15) is 0 Å². The fraction of sp³-hybridized carbons (Fsp3) is 0.333. The van der Waals surface area contributed by atoms with Crippen LogP contribution in [0.1, 0.15) is 0 Å². The first-order valence-electron chi connectivity index (χ1n) is 2.28. The summed E-state index contributed by atoms with van der Waals surface area (Å²) < 4.78 is 0. The van der Waals surface area contributed by atoms with Crippen molar-refractivity contribution < 1.29 is 0 Å². The van der Waals surface area contributed by atoms with Crippen LogP contribution in [0.5, 0.6) is 0 Å². The summed E-state index contributed by atoms with van der Waals surface area (Å²) in [4.78, 5) is 0. The summed E-state index contributed by atoms with van der Waals surface area (Å²) in [5.74, 6) is 5.14. The Bertz CT molecular complexity index is 88.3. The van der Waals surface area contributed by atoms with Crippen LogP contribution in [0.3, 0.4) is 0 Å². The molecule has 1 heteroatoms. The van der Waals surface area contributed by atoms with E-state index in [0.29, 0.717) is 0 Å². The summed E-state index contributed by atoms with van der Waals surface area (Å²) in [6.45, 7) is 0. The highest BCUT2D eigenvalue weighted by Crippen LogP contribution is 1.78. The molecule has 0 saturated heterocycles. The van der Waals surface area contributed by atoms with Gasteiger partial charge < -0.3 is 0 Å². The van der Waals surface area contributed by atoms with Crippen LogP contribution >= 0.6 is 0 Å². The van der Waals surface area contributed by atoms with Gasteiger partial charge in [-0.3, -0.25) is 0 Å². The average molecular weight is 108 g/mol. The SMILES string of the molecule is C#CC[SiH2]CC#C. The molecule has 0 rings (SSSR count). The molecule has 0 radical (unpaired) electrons. The molecule has 0 aliphatic carbocycles. The second kappa shape index (κ2) is 5.34. The summed E-state index contributed by atoms with van der Waals surface area (Å²) in [6.07, 6.45) is 9.97. The number of rotatable bonds is 2. The third-order valence-corrected chi connectivity index (χ3v) is 1.93. The first-order chi connectivity index (χ1) is 3.41. The van der Waals surface area contributed by atoms with E-state index in [1.54, 1.807) is 0 Å². The van der Waals surface area contributed by atoms with Crippen molar-refractivity contribution in [3.63, 3.8) is 0 Å². The molecule has 0 aliphatic rings. The zero-order chi connectivity index (χ0) is 5.54. The van der Waals surface area contributed by atoms with Gasteiger partial charge >= 0.3 is 0 Å². The summed E-state index contributed by atoms with van der Waals surface area (Å²) in [7, 11) is -0.0610. The Hall–Kier alpha value is -0.663. The van der Waals surface area contributed by atoms with E-state index >= 15 is 0 Å². The van der Waals surface area contributed by atoms with E-state index in [-0.39, 0.29) is 9.52 Å². The van der Waals surface area contributed by atoms with Gasteiger partial charge in [-0.2, -0.15) is 0 Å². The molecule has 0 nitrogen and oxygen atoms in total. The number of hydrogen-bond donors (Lipinski definition) is 0. The van der Waals surface area contributed by atoms with Gasteiger partial charge in [0, 0.05) is 9.52 Å². The molecule has 0 heterocycles. The van der Waals surface area contributed by atoms with Gasteiger partial charge in [-0.1, -0.05) is 0 Å². The molecule has 0 atom stereocenters. The lowest BCUT2D eigenvalue weighted by molar-refractivity contribution is 1.71. The molecule has 0 spiro atoms. The van der Waals surface area contributed by atoms with Crippen molar-refractivity contribution in [2.75, 3.05) is 0 Å². The molecular weight excluding hydrogens is 100 g/mol. The zero-order valence-electron chi connectivity index (χ0n) is 4.28. The normalized spacial score (nSPS) is 6.57. The van der Waals surface area contributed by atoms with Crippen molar-refractivity contribution in [2.24, 2.45) is 0 Å². The van der Waals surface area contributed by atoms with Gasteiger partial charge in [-0.15, -0.1) is 24.7 Å². The smallest absolute Gasteiger partial charge is 0.0482 e. The largest absolute Gasteiger partial charge is 0.120 e. The number of hydrogen-bond acceptors (Lipinski definition) is 0. The van der Waals surface area contributed by atoms with Crippen LogP contribution in [-0.4, -0.2) is 9.52 Å².